The standard InChI is InChI=1S/C28H29ClF3N5/c1-5-21-19(10-11-26(2)15-35-26)25(29)20-12-17(6-8-22(20)36-21)27(3,24-14-33-16-37(24)4)18-7-9-23(34-13-18)28(30,31)32/h6-9,12-14,16,35H,5,10-11,15H2,1-4H3. The summed E-state index contributed by atoms with van der Waals surface area (Å²) in [4.78, 5) is 13.0. The van der Waals surface area contributed by atoms with E-state index in [-0.39, 0.29) is 5.54 Å². The molecule has 4 heterocycles. The van der Waals surface area contributed by atoms with E-state index in [1.54, 1.807) is 12.5 Å². The molecule has 9 heteroatoms. The van der Waals surface area contributed by atoms with Crippen molar-refractivity contribution < 1.29 is 13.2 Å². The molecule has 5 nitrogen and oxygen atoms in total. The monoisotopic (exact) mass is 527 g/mol. The Morgan fingerprint density at radius 2 is 1.86 bits per heavy atom. The van der Waals surface area contributed by atoms with Gasteiger partial charge in [0.05, 0.1) is 28.0 Å². The highest BCUT2D eigenvalue weighted by atomic mass is 35.5. The molecule has 3 aromatic heterocycles. The Kier molecular flexibility index (Phi) is 6.31. The highest BCUT2D eigenvalue weighted by Gasteiger charge is 2.38. The molecule has 1 N–H and O–H groups in total. The van der Waals surface area contributed by atoms with Gasteiger partial charge < -0.3 is 9.88 Å². The molecular formula is C28H29ClF3N5. The fourth-order valence-corrected chi connectivity index (χ4v) is 5.41. The predicted molar refractivity (Wildman–Crippen MR) is 139 cm³/mol. The lowest BCUT2D eigenvalue weighted by Crippen LogP contribution is -2.28. The van der Waals surface area contributed by atoms with Crippen molar-refractivity contribution in [3.8, 4) is 0 Å². The highest BCUT2D eigenvalue weighted by Crippen LogP contribution is 2.42. The van der Waals surface area contributed by atoms with E-state index in [2.05, 4.69) is 29.1 Å². The Labute approximate surface area is 219 Å². The average Bonchev–Trinajstić information content (AvgIpc) is 3.45. The molecule has 1 saturated heterocycles. The second-order valence-electron chi connectivity index (χ2n) is 10.3. The molecule has 194 valence electrons. The van der Waals surface area contributed by atoms with E-state index in [0.717, 1.165) is 65.3 Å². The molecule has 4 aromatic rings. The van der Waals surface area contributed by atoms with Gasteiger partial charge >= 0.3 is 6.18 Å². The molecular weight excluding hydrogens is 499 g/mol. The smallest absolute Gasteiger partial charge is 0.337 e. The number of halogens is 4. The first kappa shape index (κ1) is 25.7. The van der Waals surface area contributed by atoms with Crippen LogP contribution >= 0.6 is 11.6 Å². The normalized spacial score (nSPS) is 19.2. The third kappa shape index (κ3) is 4.61. The molecule has 2 atom stereocenters. The van der Waals surface area contributed by atoms with Crippen molar-refractivity contribution in [3.63, 3.8) is 0 Å². The van der Waals surface area contributed by atoms with Gasteiger partial charge in [0.15, 0.2) is 0 Å². The van der Waals surface area contributed by atoms with Crippen LogP contribution in [0.3, 0.4) is 0 Å². The van der Waals surface area contributed by atoms with Gasteiger partial charge in [-0.1, -0.05) is 30.7 Å². The van der Waals surface area contributed by atoms with Gasteiger partial charge in [-0.15, -0.1) is 0 Å². The number of aryl methyl sites for hydroxylation is 2. The lowest BCUT2D eigenvalue weighted by molar-refractivity contribution is -0.141. The zero-order chi connectivity index (χ0) is 26.6. The molecule has 0 aliphatic carbocycles. The third-order valence-corrected chi connectivity index (χ3v) is 8.11. The first-order valence-corrected chi connectivity index (χ1v) is 12.7. The lowest BCUT2D eigenvalue weighted by Gasteiger charge is -2.31. The van der Waals surface area contributed by atoms with Crippen LogP contribution in [-0.4, -0.2) is 31.6 Å². The van der Waals surface area contributed by atoms with Gasteiger partial charge in [0, 0.05) is 42.6 Å². The molecule has 5 rings (SSSR count). The van der Waals surface area contributed by atoms with E-state index in [1.807, 2.05) is 36.7 Å². The van der Waals surface area contributed by atoms with E-state index in [0.29, 0.717) is 10.6 Å². The van der Waals surface area contributed by atoms with Crippen LogP contribution in [-0.2, 0) is 31.5 Å². The van der Waals surface area contributed by atoms with Crippen LogP contribution in [0.15, 0.2) is 49.1 Å². The number of fused-ring (bicyclic) bond motifs is 1. The van der Waals surface area contributed by atoms with Crippen molar-refractivity contribution in [1.29, 1.82) is 0 Å². The van der Waals surface area contributed by atoms with E-state index >= 15 is 0 Å². The molecule has 2 unspecified atom stereocenters. The molecule has 0 bridgehead atoms. The Morgan fingerprint density at radius 1 is 1.14 bits per heavy atom. The second-order valence-corrected chi connectivity index (χ2v) is 10.7. The molecule has 0 radical (unpaired) electrons. The molecule has 1 aliphatic rings. The summed E-state index contributed by atoms with van der Waals surface area (Å²) in [5, 5.41) is 4.92. The summed E-state index contributed by atoms with van der Waals surface area (Å²) in [6.07, 6.45) is 2.77. The minimum atomic E-state index is -4.51. The molecule has 0 saturated carbocycles. The topological polar surface area (TPSA) is 65.5 Å². The Morgan fingerprint density at radius 3 is 2.43 bits per heavy atom. The predicted octanol–water partition coefficient (Wildman–Crippen LogP) is 6.25. The quantitative estimate of drug-likeness (QED) is 0.289. The Hall–Kier alpha value is -2.97. The van der Waals surface area contributed by atoms with Crippen molar-refractivity contribution in [1.82, 2.24) is 24.8 Å². The van der Waals surface area contributed by atoms with Crippen molar-refractivity contribution in [2.24, 2.45) is 7.05 Å². The number of nitrogens with one attached hydrogen (secondary N) is 1. The second kappa shape index (κ2) is 9.10. The van der Waals surface area contributed by atoms with Crippen LogP contribution in [0.4, 0.5) is 13.2 Å². The van der Waals surface area contributed by atoms with Gasteiger partial charge in [0.1, 0.15) is 5.69 Å². The summed E-state index contributed by atoms with van der Waals surface area (Å²) in [6.45, 7) is 7.26. The Bertz CT molecular complexity index is 1460. The van der Waals surface area contributed by atoms with E-state index in [4.69, 9.17) is 16.6 Å². The van der Waals surface area contributed by atoms with Crippen molar-refractivity contribution in [2.45, 2.75) is 57.2 Å². The average molecular weight is 528 g/mol. The number of rotatable bonds is 7. The molecule has 0 amide bonds. The van der Waals surface area contributed by atoms with Crippen LogP contribution in [0.2, 0.25) is 5.02 Å². The maximum absolute atomic E-state index is 13.2. The largest absolute Gasteiger partial charge is 0.433 e. The lowest BCUT2D eigenvalue weighted by atomic mass is 9.74. The molecule has 37 heavy (non-hydrogen) atoms. The zero-order valence-corrected chi connectivity index (χ0v) is 22.0. The molecule has 0 spiro atoms. The molecule has 1 aromatic carbocycles. The van der Waals surface area contributed by atoms with Crippen LogP contribution < -0.4 is 5.32 Å². The van der Waals surface area contributed by atoms with E-state index < -0.39 is 17.3 Å². The van der Waals surface area contributed by atoms with Crippen LogP contribution in [0.25, 0.3) is 10.9 Å². The number of benzene rings is 1. The summed E-state index contributed by atoms with van der Waals surface area (Å²) in [5.74, 6) is 0. The molecule has 1 fully saturated rings. The number of alkyl halides is 3. The molecule has 1 aliphatic heterocycles. The number of aromatic nitrogens is 4. The summed E-state index contributed by atoms with van der Waals surface area (Å²) >= 11 is 7.05. The van der Waals surface area contributed by atoms with Crippen LogP contribution in [0, 0.1) is 0 Å². The number of nitrogens with zero attached hydrogens (tertiary/aromatic N) is 4. The zero-order valence-electron chi connectivity index (χ0n) is 21.2. The van der Waals surface area contributed by atoms with E-state index in [1.165, 1.54) is 12.3 Å². The number of hydrogen-bond acceptors (Lipinski definition) is 4. The fraction of sp³-hybridized carbons (Fsp3) is 0.393. The third-order valence-electron chi connectivity index (χ3n) is 7.68. The highest BCUT2D eigenvalue weighted by molar-refractivity contribution is 6.36. The van der Waals surface area contributed by atoms with Gasteiger partial charge in [0.2, 0.25) is 0 Å². The number of hydrogen-bond donors (Lipinski definition) is 1. The summed E-state index contributed by atoms with van der Waals surface area (Å²) < 4.78 is 41.6. The number of imidazole rings is 1. The number of pyridine rings is 2. The van der Waals surface area contributed by atoms with Crippen LogP contribution in [0.1, 0.15) is 61.0 Å². The summed E-state index contributed by atoms with van der Waals surface area (Å²) in [6, 6.07) is 8.43. The Balaban J connectivity index is 1.67. The first-order valence-electron chi connectivity index (χ1n) is 12.3. The maximum Gasteiger partial charge on any atom is 0.433 e. The maximum atomic E-state index is 13.2. The minimum Gasteiger partial charge on any atom is -0.337 e. The van der Waals surface area contributed by atoms with Crippen molar-refractivity contribution in [2.75, 3.05) is 6.54 Å². The van der Waals surface area contributed by atoms with E-state index in [9.17, 15) is 13.2 Å². The van der Waals surface area contributed by atoms with Gasteiger partial charge in [-0.25, -0.2) is 4.98 Å². The SMILES string of the molecule is CCc1nc2ccc(C(C)(c3ccc(C(F)(F)F)nc3)c3cncn3C)cc2c(Cl)c1CCC1(C)CN1. The fourth-order valence-electron chi connectivity index (χ4n) is 5.06. The van der Waals surface area contributed by atoms with Crippen molar-refractivity contribution >= 4 is 22.5 Å². The van der Waals surface area contributed by atoms with Gasteiger partial charge in [-0.2, -0.15) is 13.2 Å². The van der Waals surface area contributed by atoms with Gasteiger partial charge in [-0.05, 0) is 68.0 Å². The van der Waals surface area contributed by atoms with Crippen molar-refractivity contribution in [3.05, 3.63) is 87.8 Å². The van der Waals surface area contributed by atoms with Gasteiger partial charge in [0.25, 0.3) is 0 Å². The summed E-state index contributed by atoms with van der Waals surface area (Å²) in [7, 11) is 1.87. The first-order chi connectivity index (χ1) is 17.5. The summed E-state index contributed by atoms with van der Waals surface area (Å²) in [5.41, 5.74) is 3.53. The van der Waals surface area contributed by atoms with Gasteiger partial charge in [-0.3, -0.25) is 9.97 Å². The minimum absolute atomic E-state index is 0.152. The van der Waals surface area contributed by atoms with Crippen LogP contribution in [0.5, 0.6) is 0 Å².